The van der Waals surface area contributed by atoms with Gasteiger partial charge in [0, 0.05) is 19.5 Å². The van der Waals surface area contributed by atoms with Gasteiger partial charge < -0.3 is 10.4 Å². The molecule has 1 aromatic rings. The highest BCUT2D eigenvalue weighted by molar-refractivity contribution is 5.66. The Morgan fingerprint density at radius 2 is 2.43 bits per heavy atom. The van der Waals surface area contributed by atoms with Crippen molar-refractivity contribution in [3.05, 3.63) is 0 Å². The van der Waals surface area contributed by atoms with Crippen molar-refractivity contribution in [1.82, 2.24) is 20.2 Å². The third-order valence-corrected chi connectivity index (χ3v) is 1.79. The van der Waals surface area contributed by atoms with Gasteiger partial charge in [-0.05, 0) is 23.8 Å². The number of carboxylic acids is 1. The van der Waals surface area contributed by atoms with Crippen LogP contribution in [-0.2, 0) is 11.8 Å². The van der Waals surface area contributed by atoms with Gasteiger partial charge in [-0.25, -0.2) is 4.68 Å². The predicted octanol–water partition coefficient (Wildman–Crippen LogP) is -0.125. The number of tetrazole rings is 1. The van der Waals surface area contributed by atoms with Crippen LogP contribution in [0.25, 0.3) is 0 Å². The summed E-state index contributed by atoms with van der Waals surface area (Å²) in [4.78, 5) is 10.3. The summed E-state index contributed by atoms with van der Waals surface area (Å²) >= 11 is 0. The Morgan fingerprint density at radius 1 is 1.71 bits per heavy atom. The van der Waals surface area contributed by atoms with Crippen molar-refractivity contribution in [3.8, 4) is 0 Å². The van der Waals surface area contributed by atoms with Gasteiger partial charge in [0.1, 0.15) is 0 Å². The molecule has 0 aliphatic carbocycles. The zero-order chi connectivity index (χ0) is 10.6. The number of nitrogens with zero attached hydrogens (tertiary/aromatic N) is 4. The van der Waals surface area contributed by atoms with E-state index >= 15 is 0 Å². The molecule has 0 amide bonds. The monoisotopic (exact) mass is 199 g/mol. The van der Waals surface area contributed by atoms with Gasteiger partial charge >= 0.3 is 5.97 Å². The molecular weight excluding hydrogens is 186 g/mol. The van der Waals surface area contributed by atoms with Crippen molar-refractivity contribution >= 4 is 11.9 Å². The number of hydrogen-bond acceptors (Lipinski definition) is 5. The normalized spacial score (nSPS) is 12.4. The van der Waals surface area contributed by atoms with Crippen LogP contribution in [0.15, 0.2) is 0 Å². The van der Waals surface area contributed by atoms with E-state index in [1.807, 2.05) is 6.92 Å². The first-order chi connectivity index (χ1) is 6.59. The van der Waals surface area contributed by atoms with Crippen molar-refractivity contribution in [2.24, 2.45) is 7.05 Å². The van der Waals surface area contributed by atoms with Gasteiger partial charge in [0.15, 0.2) is 0 Å². The first-order valence-corrected chi connectivity index (χ1v) is 4.30. The number of aryl methyl sites for hydroxylation is 1. The van der Waals surface area contributed by atoms with E-state index < -0.39 is 5.97 Å². The minimum absolute atomic E-state index is 0.0378. The predicted molar refractivity (Wildman–Crippen MR) is 48.8 cm³/mol. The molecule has 1 heterocycles. The first-order valence-electron chi connectivity index (χ1n) is 4.30. The lowest BCUT2D eigenvalue weighted by molar-refractivity contribution is -0.137. The van der Waals surface area contributed by atoms with Crippen molar-refractivity contribution in [3.63, 3.8) is 0 Å². The molecule has 0 saturated heterocycles. The van der Waals surface area contributed by atoms with E-state index in [-0.39, 0.29) is 12.5 Å². The molecule has 0 radical (unpaired) electrons. The summed E-state index contributed by atoms with van der Waals surface area (Å²) in [6.07, 6.45) is 0.682. The summed E-state index contributed by atoms with van der Waals surface area (Å²) in [5.41, 5.74) is 0. The van der Waals surface area contributed by atoms with Gasteiger partial charge in [0.2, 0.25) is 5.95 Å². The maximum absolute atomic E-state index is 10.3. The summed E-state index contributed by atoms with van der Waals surface area (Å²) in [7, 11) is 1.71. The highest BCUT2D eigenvalue weighted by Crippen LogP contribution is 2.04. The summed E-state index contributed by atoms with van der Waals surface area (Å²) < 4.78 is 1.50. The number of nitrogens with one attached hydrogen (secondary N) is 1. The minimum Gasteiger partial charge on any atom is -0.481 e. The number of anilines is 1. The number of aromatic nitrogens is 4. The van der Waals surface area contributed by atoms with E-state index in [0.29, 0.717) is 12.4 Å². The molecule has 1 unspecified atom stereocenters. The van der Waals surface area contributed by atoms with Crippen molar-refractivity contribution in [2.75, 3.05) is 5.32 Å². The van der Waals surface area contributed by atoms with Gasteiger partial charge in [-0.3, -0.25) is 4.79 Å². The Bertz CT molecular complexity index is 311. The molecule has 0 aliphatic rings. The number of rotatable bonds is 5. The van der Waals surface area contributed by atoms with E-state index in [1.54, 1.807) is 7.05 Å². The topological polar surface area (TPSA) is 92.9 Å². The Morgan fingerprint density at radius 3 is 2.93 bits per heavy atom. The fraction of sp³-hybridized carbons (Fsp3) is 0.714. The Kier molecular flexibility index (Phi) is 3.38. The van der Waals surface area contributed by atoms with Crippen LogP contribution in [0.2, 0.25) is 0 Å². The molecule has 2 N–H and O–H groups in total. The van der Waals surface area contributed by atoms with Crippen LogP contribution < -0.4 is 5.32 Å². The summed E-state index contributed by atoms with van der Waals surface area (Å²) in [5, 5.41) is 22.3. The van der Waals surface area contributed by atoms with Crippen LogP contribution in [0.5, 0.6) is 0 Å². The van der Waals surface area contributed by atoms with E-state index in [9.17, 15) is 4.79 Å². The number of aliphatic carboxylic acids is 1. The average molecular weight is 199 g/mol. The quantitative estimate of drug-likeness (QED) is 0.686. The zero-order valence-electron chi connectivity index (χ0n) is 8.14. The second-order valence-corrected chi connectivity index (χ2v) is 3.10. The second-order valence-electron chi connectivity index (χ2n) is 3.10. The number of carboxylic acid groups (broad SMARTS) is 1. The average Bonchev–Trinajstić information content (AvgIpc) is 2.49. The molecule has 0 saturated carbocycles. The molecule has 0 bridgehead atoms. The molecule has 78 valence electrons. The van der Waals surface area contributed by atoms with Gasteiger partial charge in [-0.15, -0.1) is 0 Å². The van der Waals surface area contributed by atoms with Crippen molar-refractivity contribution in [1.29, 1.82) is 0 Å². The molecular formula is C7H13N5O2. The Hall–Kier alpha value is -1.66. The molecule has 0 aromatic carbocycles. The third kappa shape index (κ3) is 3.00. The molecule has 0 aliphatic heterocycles. The van der Waals surface area contributed by atoms with E-state index in [1.165, 1.54) is 4.68 Å². The largest absolute Gasteiger partial charge is 0.481 e. The molecule has 14 heavy (non-hydrogen) atoms. The lowest BCUT2D eigenvalue weighted by Gasteiger charge is -2.11. The smallest absolute Gasteiger partial charge is 0.303 e. The van der Waals surface area contributed by atoms with Crippen LogP contribution in [0, 0.1) is 0 Å². The first kappa shape index (κ1) is 10.4. The van der Waals surface area contributed by atoms with Crippen LogP contribution in [0.1, 0.15) is 19.8 Å². The molecule has 0 fully saturated rings. The summed E-state index contributed by atoms with van der Waals surface area (Å²) in [5.74, 6) is -0.252. The van der Waals surface area contributed by atoms with Crippen LogP contribution in [-0.4, -0.2) is 37.3 Å². The fourth-order valence-electron chi connectivity index (χ4n) is 0.984. The number of hydrogen-bond donors (Lipinski definition) is 2. The molecule has 7 heteroatoms. The van der Waals surface area contributed by atoms with Gasteiger partial charge in [0.05, 0.1) is 0 Å². The Labute approximate surface area is 81.1 Å². The molecule has 1 aromatic heterocycles. The highest BCUT2D eigenvalue weighted by Gasteiger charge is 2.08. The summed E-state index contributed by atoms with van der Waals surface area (Å²) in [6.45, 7) is 1.89. The second kappa shape index (κ2) is 4.54. The molecule has 1 rings (SSSR count). The van der Waals surface area contributed by atoms with Crippen LogP contribution in [0.4, 0.5) is 5.95 Å². The van der Waals surface area contributed by atoms with E-state index in [0.717, 1.165) is 0 Å². The molecule has 1 atom stereocenters. The lowest BCUT2D eigenvalue weighted by atomic mass is 10.2. The van der Waals surface area contributed by atoms with Crippen LogP contribution in [0.3, 0.4) is 0 Å². The maximum Gasteiger partial charge on any atom is 0.303 e. The lowest BCUT2D eigenvalue weighted by Crippen LogP contribution is -2.19. The van der Waals surface area contributed by atoms with E-state index in [2.05, 4.69) is 20.8 Å². The van der Waals surface area contributed by atoms with E-state index in [4.69, 9.17) is 5.11 Å². The van der Waals surface area contributed by atoms with Crippen LogP contribution >= 0.6 is 0 Å². The highest BCUT2D eigenvalue weighted by atomic mass is 16.4. The third-order valence-electron chi connectivity index (χ3n) is 1.79. The van der Waals surface area contributed by atoms with Gasteiger partial charge in [0.25, 0.3) is 0 Å². The zero-order valence-corrected chi connectivity index (χ0v) is 8.14. The number of carbonyl (C=O) groups is 1. The Balaban J connectivity index is 2.37. The fourth-order valence-corrected chi connectivity index (χ4v) is 0.984. The molecule has 7 nitrogen and oxygen atoms in total. The SMILES string of the molecule is CC(CCC(=O)O)Nc1nnnn1C. The van der Waals surface area contributed by atoms with Gasteiger partial charge in [-0.1, -0.05) is 5.10 Å². The standard InChI is InChI=1S/C7H13N5O2/c1-5(3-4-6(13)14)8-7-9-10-11-12(7)2/h5H,3-4H2,1-2H3,(H,13,14)(H,8,9,11). The minimum atomic E-state index is -0.797. The van der Waals surface area contributed by atoms with Gasteiger partial charge in [-0.2, -0.15) is 0 Å². The van der Waals surface area contributed by atoms with Crippen molar-refractivity contribution < 1.29 is 9.90 Å². The summed E-state index contributed by atoms with van der Waals surface area (Å²) in [6, 6.07) is 0.0378. The molecule has 0 spiro atoms. The maximum atomic E-state index is 10.3. The van der Waals surface area contributed by atoms with Crippen molar-refractivity contribution in [2.45, 2.75) is 25.8 Å².